The predicted octanol–water partition coefficient (Wildman–Crippen LogP) is 4.25. The Kier molecular flexibility index (Phi) is 5.74. The molecule has 1 aliphatic carbocycles. The summed E-state index contributed by atoms with van der Waals surface area (Å²) < 4.78 is 0. The first-order chi connectivity index (χ1) is 9.63. The lowest BCUT2D eigenvalue weighted by molar-refractivity contribution is 0.318. The monoisotopic (exact) mass is 294 g/mol. The molecule has 20 heavy (non-hydrogen) atoms. The van der Waals surface area contributed by atoms with Crippen molar-refractivity contribution in [2.24, 2.45) is 11.7 Å². The molecule has 0 spiro atoms. The van der Waals surface area contributed by atoms with Crippen LogP contribution in [0.5, 0.6) is 0 Å². The maximum Gasteiger partial charge on any atom is 0.0410 e. The van der Waals surface area contributed by atoms with Crippen LogP contribution in [0, 0.1) is 5.92 Å². The molecule has 0 bridgehead atoms. The molecule has 1 saturated carbocycles. The molecular formula is C17H27ClN2. The second kappa shape index (κ2) is 7.33. The number of hydrogen-bond acceptors (Lipinski definition) is 2. The maximum atomic E-state index is 6.18. The number of halogens is 1. The molecule has 1 aromatic rings. The van der Waals surface area contributed by atoms with Gasteiger partial charge in [0, 0.05) is 29.8 Å². The summed E-state index contributed by atoms with van der Waals surface area (Å²) in [5.74, 6) is 0.873. The minimum absolute atomic E-state index is 0.217. The molecule has 1 atom stereocenters. The van der Waals surface area contributed by atoms with Crippen LogP contribution in [-0.2, 0) is 6.42 Å². The van der Waals surface area contributed by atoms with E-state index in [0.29, 0.717) is 0 Å². The summed E-state index contributed by atoms with van der Waals surface area (Å²) in [5.41, 5.74) is 8.77. The Labute approximate surface area is 128 Å². The lowest BCUT2D eigenvalue weighted by Gasteiger charge is -2.34. The molecule has 1 unspecified atom stereocenters. The van der Waals surface area contributed by atoms with Crippen LogP contribution in [0.4, 0.5) is 5.69 Å². The van der Waals surface area contributed by atoms with Gasteiger partial charge in [-0.1, -0.05) is 24.9 Å². The smallest absolute Gasteiger partial charge is 0.0410 e. The first-order valence-electron chi connectivity index (χ1n) is 7.93. The van der Waals surface area contributed by atoms with Gasteiger partial charge in [0.25, 0.3) is 0 Å². The third kappa shape index (κ3) is 3.89. The third-order valence-corrected chi connectivity index (χ3v) is 4.71. The van der Waals surface area contributed by atoms with Crippen LogP contribution in [0.1, 0.15) is 45.1 Å². The molecule has 0 aromatic heterocycles. The van der Waals surface area contributed by atoms with Crippen molar-refractivity contribution < 1.29 is 0 Å². The molecule has 0 aliphatic heterocycles. The Bertz CT molecular complexity index is 429. The number of hydrogen-bond donors (Lipinski definition) is 1. The van der Waals surface area contributed by atoms with Gasteiger partial charge in [-0.2, -0.15) is 0 Å². The lowest BCUT2D eigenvalue weighted by Crippen LogP contribution is -2.33. The van der Waals surface area contributed by atoms with E-state index in [-0.39, 0.29) is 6.04 Å². The second-order valence-corrected chi connectivity index (χ2v) is 6.42. The Balaban J connectivity index is 2.18. The summed E-state index contributed by atoms with van der Waals surface area (Å²) in [4.78, 5) is 2.50. The minimum atomic E-state index is 0.217. The van der Waals surface area contributed by atoms with Crippen molar-refractivity contribution in [1.29, 1.82) is 0 Å². The van der Waals surface area contributed by atoms with Crippen LogP contribution in [0.2, 0.25) is 5.02 Å². The topological polar surface area (TPSA) is 29.3 Å². The number of rotatable bonds is 7. The van der Waals surface area contributed by atoms with Crippen molar-refractivity contribution in [2.45, 2.75) is 52.0 Å². The van der Waals surface area contributed by atoms with E-state index in [9.17, 15) is 0 Å². The summed E-state index contributed by atoms with van der Waals surface area (Å²) in [6.07, 6.45) is 6.08. The van der Waals surface area contributed by atoms with Crippen molar-refractivity contribution in [3.05, 3.63) is 28.8 Å². The second-order valence-electron chi connectivity index (χ2n) is 5.98. The standard InChI is InChI=1S/C17H27ClN2/c1-3-16(19)11-14-10-15(18)8-9-17(14)20(4-2)12-13-6-5-7-13/h8-10,13,16H,3-7,11-12,19H2,1-2H3. The van der Waals surface area contributed by atoms with Gasteiger partial charge in [0.05, 0.1) is 0 Å². The first-order valence-corrected chi connectivity index (χ1v) is 8.30. The van der Waals surface area contributed by atoms with Crippen LogP contribution in [0.25, 0.3) is 0 Å². The fraction of sp³-hybridized carbons (Fsp3) is 0.647. The molecular weight excluding hydrogens is 268 g/mol. The maximum absolute atomic E-state index is 6.18. The number of anilines is 1. The molecule has 1 aliphatic rings. The van der Waals surface area contributed by atoms with Crippen LogP contribution < -0.4 is 10.6 Å². The fourth-order valence-electron chi connectivity index (χ4n) is 2.84. The average molecular weight is 295 g/mol. The molecule has 112 valence electrons. The molecule has 2 rings (SSSR count). The van der Waals surface area contributed by atoms with Gasteiger partial charge in [0.2, 0.25) is 0 Å². The molecule has 3 heteroatoms. The van der Waals surface area contributed by atoms with Gasteiger partial charge >= 0.3 is 0 Å². The van der Waals surface area contributed by atoms with Crippen LogP contribution >= 0.6 is 11.6 Å². The number of nitrogens with zero attached hydrogens (tertiary/aromatic N) is 1. The minimum Gasteiger partial charge on any atom is -0.371 e. The van der Waals surface area contributed by atoms with Crippen molar-refractivity contribution in [1.82, 2.24) is 0 Å². The first kappa shape index (κ1) is 15.7. The van der Waals surface area contributed by atoms with E-state index in [4.69, 9.17) is 17.3 Å². The Morgan fingerprint density at radius 2 is 2.10 bits per heavy atom. The summed E-state index contributed by atoms with van der Waals surface area (Å²) in [6.45, 7) is 6.59. The molecule has 1 fully saturated rings. The highest BCUT2D eigenvalue weighted by Crippen LogP contribution is 2.31. The Morgan fingerprint density at radius 3 is 2.65 bits per heavy atom. The Morgan fingerprint density at radius 1 is 1.35 bits per heavy atom. The SMILES string of the molecule is CCC(N)Cc1cc(Cl)ccc1N(CC)CC1CCC1. The zero-order valence-electron chi connectivity index (χ0n) is 12.7. The van der Waals surface area contributed by atoms with Gasteiger partial charge in [-0.3, -0.25) is 0 Å². The summed E-state index contributed by atoms with van der Waals surface area (Å²) >= 11 is 6.18. The number of benzene rings is 1. The molecule has 1 aromatic carbocycles. The highest BCUT2D eigenvalue weighted by Gasteiger charge is 2.21. The Hall–Kier alpha value is -0.730. The van der Waals surface area contributed by atoms with E-state index < -0.39 is 0 Å². The van der Waals surface area contributed by atoms with Crippen molar-refractivity contribution in [3.8, 4) is 0 Å². The van der Waals surface area contributed by atoms with Gasteiger partial charge in [0.15, 0.2) is 0 Å². The summed E-state index contributed by atoms with van der Waals surface area (Å²) in [6, 6.07) is 6.48. The zero-order valence-corrected chi connectivity index (χ0v) is 13.5. The highest BCUT2D eigenvalue weighted by atomic mass is 35.5. The van der Waals surface area contributed by atoms with Gasteiger partial charge in [0.1, 0.15) is 0 Å². The van der Waals surface area contributed by atoms with E-state index >= 15 is 0 Å². The molecule has 0 radical (unpaired) electrons. The molecule has 0 saturated heterocycles. The van der Waals surface area contributed by atoms with Gasteiger partial charge in [-0.15, -0.1) is 0 Å². The van der Waals surface area contributed by atoms with E-state index in [0.717, 1.165) is 30.3 Å². The van der Waals surface area contributed by atoms with Crippen LogP contribution in [0.3, 0.4) is 0 Å². The van der Waals surface area contributed by atoms with E-state index in [1.807, 2.05) is 6.07 Å². The van der Waals surface area contributed by atoms with Crippen molar-refractivity contribution in [2.75, 3.05) is 18.0 Å². The fourth-order valence-corrected chi connectivity index (χ4v) is 3.03. The van der Waals surface area contributed by atoms with Crippen LogP contribution in [0.15, 0.2) is 18.2 Å². The van der Waals surface area contributed by atoms with Gasteiger partial charge in [-0.05, 0) is 62.3 Å². The quantitative estimate of drug-likeness (QED) is 0.815. The molecule has 2 nitrogen and oxygen atoms in total. The normalized spacial score (nSPS) is 16.8. The van der Waals surface area contributed by atoms with Crippen LogP contribution in [-0.4, -0.2) is 19.1 Å². The van der Waals surface area contributed by atoms with E-state index in [1.54, 1.807) is 0 Å². The van der Waals surface area contributed by atoms with Gasteiger partial charge in [-0.25, -0.2) is 0 Å². The average Bonchev–Trinajstić information content (AvgIpc) is 2.39. The van der Waals surface area contributed by atoms with Gasteiger partial charge < -0.3 is 10.6 Å². The van der Waals surface area contributed by atoms with Crippen molar-refractivity contribution >= 4 is 17.3 Å². The molecule has 0 heterocycles. The highest BCUT2D eigenvalue weighted by molar-refractivity contribution is 6.30. The largest absolute Gasteiger partial charge is 0.371 e. The summed E-state index contributed by atoms with van der Waals surface area (Å²) in [7, 11) is 0. The van der Waals surface area contributed by atoms with E-state index in [2.05, 4.69) is 30.9 Å². The van der Waals surface area contributed by atoms with E-state index in [1.165, 1.54) is 37.1 Å². The summed E-state index contributed by atoms with van der Waals surface area (Å²) in [5, 5.41) is 0.812. The third-order valence-electron chi connectivity index (χ3n) is 4.47. The lowest BCUT2D eigenvalue weighted by atomic mass is 9.85. The predicted molar refractivity (Wildman–Crippen MR) is 88.7 cm³/mol. The molecule has 2 N–H and O–H groups in total. The zero-order chi connectivity index (χ0) is 14.5. The van der Waals surface area contributed by atoms with Crippen molar-refractivity contribution in [3.63, 3.8) is 0 Å². The number of nitrogens with two attached hydrogens (primary N) is 1. The molecule has 0 amide bonds.